The van der Waals surface area contributed by atoms with Gasteiger partial charge in [-0.1, -0.05) is 36.4 Å². The van der Waals surface area contributed by atoms with Crippen molar-refractivity contribution in [3.63, 3.8) is 0 Å². The van der Waals surface area contributed by atoms with Crippen molar-refractivity contribution in [2.75, 3.05) is 0 Å². The van der Waals surface area contributed by atoms with E-state index < -0.39 is 17.0 Å². The molecule has 0 heterocycles. The van der Waals surface area contributed by atoms with Gasteiger partial charge in [-0.15, -0.1) is 0 Å². The molecule has 6 heteroatoms. The van der Waals surface area contributed by atoms with Gasteiger partial charge in [-0.05, 0) is 23.3 Å². The molecule has 1 atom stereocenters. The standard InChI is InChI=1S/C16H13NO5/c18-15(19)9-8-11-6-7-13(10-14(11)17(21)22)16(20)12-4-2-1-3-5-12/h1-10,16,20H,(H,18,19). The first-order valence-corrected chi connectivity index (χ1v) is 6.41. The third-order valence-electron chi connectivity index (χ3n) is 3.09. The topological polar surface area (TPSA) is 101 Å². The van der Waals surface area contributed by atoms with Gasteiger partial charge in [0.15, 0.2) is 0 Å². The van der Waals surface area contributed by atoms with Crippen molar-refractivity contribution in [1.82, 2.24) is 0 Å². The quantitative estimate of drug-likeness (QED) is 0.502. The van der Waals surface area contributed by atoms with Crippen LogP contribution in [-0.2, 0) is 4.79 Å². The number of carbonyl (C=O) groups is 1. The third kappa shape index (κ3) is 3.56. The van der Waals surface area contributed by atoms with Crippen LogP contribution in [-0.4, -0.2) is 21.1 Å². The van der Waals surface area contributed by atoms with Crippen LogP contribution in [0.4, 0.5) is 5.69 Å². The molecular weight excluding hydrogens is 286 g/mol. The van der Waals surface area contributed by atoms with Crippen LogP contribution in [0.3, 0.4) is 0 Å². The molecule has 0 aromatic heterocycles. The smallest absolute Gasteiger partial charge is 0.328 e. The summed E-state index contributed by atoms with van der Waals surface area (Å²) in [6, 6.07) is 13.0. The molecule has 2 aromatic rings. The highest BCUT2D eigenvalue weighted by molar-refractivity contribution is 5.86. The van der Waals surface area contributed by atoms with Gasteiger partial charge in [0.25, 0.3) is 5.69 Å². The summed E-state index contributed by atoms with van der Waals surface area (Å²) >= 11 is 0. The Labute approximate surface area is 126 Å². The second kappa shape index (κ2) is 6.64. The van der Waals surface area contributed by atoms with Gasteiger partial charge in [0.1, 0.15) is 6.10 Å². The second-order valence-corrected chi connectivity index (χ2v) is 4.56. The molecule has 2 aromatic carbocycles. The minimum atomic E-state index is -1.19. The number of nitrogens with zero attached hydrogens (tertiary/aromatic N) is 1. The lowest BCUT2D eigenvalue weighted by atomic mass is 9.99. The lowest BCUT2D eigenvalue weighted by Crippen LogP contribution is -2.01. The molecule has 0 aliphatic heterocycles. The highest BCUT2D eigenvalue weighted by Gasteiger charge is 2.17. The maximum absolute atomic E-state index is 11.1. The molecule has 0 radical (unpaired) electrons. The minimum absolute atomic E-state index is 0.163. The Hall–Kier alpha value is -2.99. The zero-order valence-electron chi connectivity index (χ0n) is 11.4. The Kier molecular flexibility index (Phi) is 4.65. The first-order chi connectivity index (χ1) is 10.5. The minimum Gasteiger partial charge on any atom is -0.478 e. The van der Waals surface area contributed by atoms with E-state index in [4.69, 9.17) is 5.11 Å². The average molecular weight is 299 g/mol. The van der Waals surface area contributed by atoms with Gasteiger partial charge in [-0.3, -0.25) is 10.1 Å². The molecular formula is C16H13NO5. The highest BCUT2D eigenvalue weighted by Crippen LogP contribution is 2.28. The molecule has 2 N–H and O–H groups in total. The molecule has 112 valence electrons. The Balaban J connectivity index is 2.41. The molecule has 22 heavy (non-hydrogen) atoms. The lowest BCUT2D eigenvalue weighted by Gasteiger charge is -2.11. The SMILES string of the molecule is O=C(O)C=Cc1ccc(C(O)c2ccccc2)cc1[N+](=O)[O-]. The number of aliphatic hydroxyl groups excluding tert-OH is 1. The van der Waals surface area contributed by atoms with Crippen molar-refractivity contribution < 1.29 is 19.9 Å². The van der Waals surface area contributed by atoms with E-state index >= 15 is 0 Å². The summed E-state index contributed by atoms with van der Waals surface area (Å²) < 4.78 is 0. The number of aliphatic carboxylic acids is 1. The molecule has 0 saturated heterocycles. The first kappa shape index (κ1) is 15.4. The number of carboxylic acids is 1. The van der Waals surface area contributed by atoms with E-state index in [1.54, 1.807) is 30.3 Å². The maximum Gasteiger partial charge on any atom is 0.328 e. The van der Waals surface area contributed by atoms with Gasteiger partial charge < -0.3 is 10.2 Å². The van der Waals surface area contributed by atoms with E-state index in [-0.39, 0.29) is 11.3 Å². The zero-order chi connectivity index (χ0) is 16.1. The molecule has 0 fully saturated rings. The van der Waals surface area contributed by atoms with Crippen molar-refractivity contribution in [2.24, 2.45) is 0 Å². The molecule has 1 unspecified atom stereocenters. The summed E-state index contributed by atoms with van der Waals surface area (Å²) in [5.74, 6) is -1.19. The normalized spacial score (nSPS) is 12.2. The number of nitro groups is 1. The molecule has 0 aliphatic carbocycles. The Bertz CT molecular complexity index is 725. The van der Waals surface area contributed by atoms with E-state index in [2.05, 4.69) is 0 Å². The summed E-state index contributed by atoms with van der Waals surface area (Å²) in [6.07, 6.45) is 0.992. The molecule has 2 rings (SSSR count). The van der Waals surface area contributed by atoms with Gasteiger partial charge >= 0.3 is 5.97 Å². The molecule has 0 amide bonds. The van der Waals surface area contributed by atoms with Crippen molar-refractivity contribution in [2.45, 2.75) is 6.10 Å². The van der Waals surface area contributed by atoms with Crippen molar-refractivity contribution in [1.29, 1.82) is 0 Å². The van der Waals surface area contributed by atoms with Crippen LogP contribution in [0.1, 0.15) is 22.8 Å². The zero-order valence-corrected chi connectivity index (χ0v) is 11.4. The van der Waals surface area contributed by atoms with E-state index in [1.807, 2.05) is 0 Å². The highest BCUT2D eigenvalue weighted by atomic mass is 16.6. The summed E-state index contributed by atoms with van der Waals surface area (Å²) in [5, 5.41) is 30.0. The number of carboxylic acid groups (broad SMARTS) is 1. The van der Waals surface area contributed by atoms with Gasteiger partial charge in [0.2, 0.25) is 0 Å². The van der Waals surface area contributed by atoms with Crippen LogP contribution >= 0.6 is 0 Å². The average Bonchev–Trinajstić information content (AvgIpc) is 2.52. The summed E-state index contributed by atoms with van der Waals surface area (Å²) in [6.45, 7) is 0. The number of hydrogen-bond acceptors (Lipinski definition) is 4. The molecule has 0 saturated carbocycles. The van der Waals surface area contributed by atoms with Crippen molar-refractivity contribution >= 4 is 17.7 Å². The number of aliphatic hydroxyl groups is 1. The van der Waals surface area contributed by atoms with Crippen LogP contribution in [0.25, 0.3) is 6.08 Å². The molecule has 6 nitrogen and oxygen atoms in total. The van der Waals surface area contributed by atoms with Crippen LogP contribution in [0.15, 0.2) is 54.6 Å². The van der Waals surface area contributed by atoms with Gasteiger partial charge in [-0.25, -0.2) is 4.79 Å². The van der Waals surface area contributed by atoms with E-state index in [0.29, 0.717) is 11.1 Å². The van der Waals surface area contributed by atoms with Gasteiger partial charge in [-0.2, -0.15) is 0 Å². The van der Waals surface area contributed by atoms with E-state index in [0.717, 1.165) is 12.2 Å². The van der Waals surface area contributed by atoms with Crippen molar-refractivity contribution in [3.8, 4) is 0 Å². The predicted octanol–water partition coefficient (Wildman–Crippen LogP) is 2.77. The summed E-state index contributed by atoms with van der Waals surface area (Å²) in [4.78, 5) is 21.0. The van der Waals surface area contributed by atoms with Gasteiger partial charge in [0, 0.05) is 12.1 Å². The number of nitro benzene ring substituents is 1. The Morgan fingerprint density at radius 2 is 1.82 bits per heavy atom. The monoisotopic (exact) mass is 299 g/mol. The van der Waals surface area contributed by atoms with Crippen LogP contribution in [0.5, 0.6) is 0 Å². The molecule has 0 aliphatic rings. The largest absolute Gasteiger partial charge is 0.478 e. The Morgan fingerprint density at radius 1 is 1.14 bits per heavy atom. The third-order valence-corrected chi connectivity index (χ3v) is 3.09. The van der Waals surface area contributed by atoms with Crippen LogP contribution in [0, 0.1) is 10.1 Å². The molecule has 0 bridgehead atoms. The summed E-state index contributed by atoms with van der Waals surface area (Å²) in [5.41, 5.74) is 0.886. The molecule has 0 spiro atoms. The number of benzene rings is 2. The fourth-order valence-corrected chi connectivity index (χ4v) is 2.02. The Morgan fingerprint density at radius 3 is 2.41 bits per heavy atom. The van der Waals surface area contributed by atoms with Crippen LogP contribution in [0.2, 0.25) is 0 Å². The van der Waals surface area contributed by atoms with Crippen LogP contribution < -0.4 is 0 Å². The van der Waals surface area contributed by atoms with Gasteiger partial charge in [0.05, 0.1) is 10.5 Å². The fraction of sp³-hybridized carbons (Fsp3) is 0.0625. The van der Waals surface area contributed by atoms with Crippen molar-refractivity contribution in [3.05, 3.63) is 81.4 Å². The predicted molar refractivity (Wildman–Crippen MR) is 80.3 cm³/mol. The first-order valence-electron chi connectivity index (χ1n) is 6.41. The summed E-state index contributed by atoms with van der Waals surface area (Å²) in [7, 11) is 0. The fourth-order valence-electron chi connectivity index (χ4n) is 2.02. The number of hydrogen-bond donors (Lipinski definition) is 2. The second-order valence-electron chi connectivity index (χ2n) is 4.56. The van der Waals surface area contributed by atoms with E-state index in [1.165, 1.54) is 18.2 Å². The lowest BCUT2D eigenvalue weighted by molar-refractivity contribution is -0.385. The van der Waals surface area contributed by atoms with E-state index in [9.17, 15) is 20.0 Å². The maximum atomic E-state index is 11.1. The number of rotatable bonds is 5.